The highest BCUT2D eigenvalue weighted by atomic mass is 35.5. The van der Waals surface area contributed by atoms with E-state index in [1.54, 1.807) is 48.5 Å². The van der Waals surface area contributed by atoms with E-state index in [0.29, 0.717) is 37.5 Å². The van der Waals surface area contributed by atoms with Crippen LogP contribution in [0, 0.1) is 0 Å². The van der Waals surface area contributed by atoms with Crippen LogP contribution in [0.2, 0.25) is 10.0 Å². The number of hydrogen-bond donors (Lipinski definition) is 0. The first-order valence-corrected chi connectivity index (χ1v) is 10.6. The maximum absolute atomic E-state index is 13.3. The Morgan fingerprint density at radius 1 is 0.759 bits per heavy atom. The van der Waals surface area contributed by atoms with Gasteiger partial charge in [0.05, 0.1) is 16.2 Å². The first-order chi connectivity index (χ1) is 14.0. The monoisotopic (exact) mass is 439 g/mol. The molecular formula is C23H15Cl2NO2S. The summed E-state index contributed by atoms with van der Waals surface area (Å²) in [6.45, 7) is 0. The molecule has 6 heteroatoms. The lowest BCUT2D eigenvalue weighted by Crippen LogP contribution is -2.31. The topological polar surface area (TPSA) is 37.4 Å². The quantitative estimate of drug-likeness (QED) is 0.443. The summed E-state index contributed by atoms with van der Waals surface area (Å²) in [5, 5.41) is 1.03. The Labute approximate surface area is 182 Å². The van der Waals surface area contributed by atoms with Gasteiger partial charge in [0.2, 0.25) is 0 Å². The van der Waals surface area contributed by atoms with Crippen LogP contribution in [0.5, 0.6) is 0 Å². The molecule has 0 unspecified atom stereocenters. The molecule has 0 spiro atoms. The number of hydrogen-bond acceptors (Lipinski definition) is 3. The zero-order valence-corrected chi connectivity index (χ0v) is 17.5. The lowest BCUT2D eigenvalue weighted by molar-refractivity contribution is -0.119. The summed E-state index contributed by atoms with van der Waals surface area (Å²) in [5.74, 6) is -0.131. The first kappa shape index (κ1) is 19.8. The summed E-state index contributed by atoms with van der Waals surface area (Å²) in [4.78, 5) is 28.2. The Bertz CT molecular complexity index is 1110. The molecule has 0 fully saturated rings. The molecule has 0 saturated heterocycles. The number of benzene rings is 3. The average molecular weight is 440 g/mol. The van der Waals surface area contributed by atoms with Crippen molar-refractivity contribution in [1.82, 2.24) is 0 Å². The van der Waals surface area contributed by atoms with Gasteiger partial charge in [-0.3, -0.25) is 9.59 Å². The number of imide groups is 1. The predicted octanol–water partition coefficient (Wildman–Crippen LogP) is 6.21. The van der Waals surface area contributed by atoms with Gasteiger partial charge >= 0.3 is 0 Å². The second kappa shape index (κ2) is 8.46. The second-order valence-corrected chi connectivity index (χ2v) is 8.27. The molecule has 0 bridgehead atoms. The Morgan fingerprint density at radius 3 is 2.17 bits per heavy atom. The maximum atomic E-state index is 13.3. The number of thioether (sulfide) groups is 1. The van der Waals surface area contributed by atoms with Crippen LogP contribution in [-0.4, -0.2) is 11.8 Å². The minimum Gasteiger partial charge on any atom is -0.268 e. The van der Waals surface area contributed by atoms with Crippen molar-refractivity contribution in [3.8, 4) is 0 Å². The molecule has 0 atom stereocenters. The summed E-state index contributed by atoms with van der Waals surface area (Å²) < 4.78 is 0. The van der Waals surface area contributed by atoms with Crippen molar-refractivity contribution in [2.75, 3.05) is 4.90 Å². The minimum atomic E-state index is -0.366. The fourth-order valence-electron chi connectivity index (χ4n) is 3.09. The highest BCUT2D eigenvalue weighted by Gasteiger charge is 2.40. The average Bonchev–Trinajstić information content (AvgIpc) is 2.97. The summed E-state index contributed by atoms with van der Waals surface area (Å²) in [5.41, 5.74) is 2.57. The standard InChI is InChI=1S/C23H15Cl2NO2S/c24-17-11-9-16(10-12-17)20-21(29-14-15-5-2-1-3-6-15)23(28)26(22(20)27)19-8-4-7-18(25)13-19/h1-13H,14H2. The molecule has 0 aliphatic carbocycles. The van der Waals surface area contributed by atoms with Crippen LogP contribution in [0.15, 0.2) is 83.8 Å². The van der Waals surface area contributed by atoms with Crippen molar-refractivity contribution >= 4 is 58.0 Å². The Kier molecular flexibility index (Phi) is 5.76. The molecule has 3 aromatic carbocycles. The molecule has 1 aliphatic heterocycles. The molecule has 0 aromatic heterocycles. The van der Waals surface area contributed by atoms with E-state index >= 15 is 0 Å². The van der Waals surface area contributed by atoms with E-state index in [2.05, 4.69) is 0 Å². The van der Waals surface area contributed by atoms with Crippen molar-refractivity contribution in [2.45, 2.75) is 5.75 Å². The van der Waals surface area contributed by atoms with Gasteiger partial charge in [0, 0.05) is 15.8 Å². The maximum Gasteiger partial charge on any atom is 0.272 e. The van der Waals surface area contributed by atoms with E-state index in [4.69, 9.17) is 23.2 Å². The summed E-state index contributed by atoms with van der Waals surface area (Å²) in [7, 11) is 0. The Morgan fingerprint density at radius 2 is 1.48 bits per heavy atom. The van der Waals surface area contributed by atoms with E-state index in [1.165, 1.54) is 16.7 Å². The molecule has 1 aliphatic rings. The summed E-state index contributed by atoms with van der Waals surface area (Å²) in [6, 6.07) is 23.5. The second-order valence-electron chi connectivity index (χ2n) is 6.41. The van der Waals surface area contributed by atoms with E-state index in [-0.39, 0.29) is 11.8 Å². The van der Waals surface area contributed by atoms with Crippen LogP contribution >= 0.6 is 35.0 Å². The third kappa shape index (κ3) is 4.10. The number of nitrogens with zero attached hydrogens (tertiary/aromatic N) is 1. The molecule has 29 heavy (non-hydrogen) atoms. The van der Waals surface area contributed by atoms with Gasteiger partial charge in [-0.15, -0.1) is 11.8 Å². The fourth-order valence-corrected chi connectivity index (χ4v) is 4.47. The molecule has 2 amide bonds. The highest BCUT2D eigenvalue weighted by Crippen LogP contribution is 2.40. The van der Waals surface area contributed by atoms with Gasteiger partial charge in [0.1, 0.15) is 0 Å². The van der Waals surface area contributed by atoms with Crippen LogP contribution in [0.3, 0.4) is 0 Å². The van der Waals surface area contributed by atoms with Gasteiger partial charge in [-0.2, -0.15) is 0 Å². The summed E-state index contributed by atoms with van der Waals surface area (Å²) in [6.07, 6.45) is 0. The number of anilines is 1. The van der Waals surface area contributed by atoms with Crippen molar-refractivity contribution in [3.63, 3.8) is 0 Å². The Balaban J connectivity index is 1.75. The summed E-state index contributed by atoms with van der Waals surface area (Å²) >= 11 is 13.4. The largest absolute Gasteiger partial charge is 0.272 e. The molecule has 0 saturated carbocycles. The molecule has 0 radical (unpaired) electrons. The van der Waals surface area contributed by atoms with E-state index in [0.717, 1.165) is 5.56 Å². The van der Waals surface area contributed by atoms with Crippen LogP contribution in [0.25, 0.3) is 5.57 Å². The molecule has 1 heterocycles. The zero-order chi connectivity index (χ0) is 20.4. The smallest absolute Gasteiger partial charge is 0.268 e. The van der Waals surface area contributed by atoms with Gasteiger partial charge in [0.25, 0.3) is 11.8 Å². The minimum absolute atomic E-state index is 0.344. The number of carbonyl (C=O) groups is 2. The molecule has 3 aromatic rings. The Hall–Kier alpha value is -2.53. The van der Waals surface area contributed by atoms with Gasteiger partial charge < -0.3 is 0 Å². The van der Waals surface area contributed by atoms with Crippen molar-refractivity contribution in [3.05, 3.63) is 105 Å². The number of carbonyl (C=O) groups excluding carboxylic acids is 2. The van der Waals surface area contributed by atoms with Gasteiger partial charge in [0.15, 0.2) is 0 Å². The number of rotatable bonds is 5. The number of halogens is 2. The number of amides is 2. The molecular weight excluding hydrogens is 425 g/mol. The van der Waals surface area contributed by atoms with Crippen molar-refractivity contribution in [2.24, 2.45) is 0 Å². The van der Waals surface area contributed by atoms with E-state index < -0.39 is 0 Å². The van der Waals surface area contributed by atoms with E-state index in [9.17, 15) is 9.59 Å². The normalized spacial score (nSPS) is 14.1. The zero-order valence-electron chi connectivity index (χ0n) is 15.1. The predicted molar refractivity (Wildman–Crippen MR) is 120 cm³/mol. The third-order valence-corrected chi connectivity index (χ3v) is 6.10. The lowest BCUT2D eigenvalue weighted by Gasteiger charge is -2.15. The fraction of sp³-hybridized carbons (Fsp3) is 0.0435. The molecule has 144 valence electrons. The van der Waals surface area contributed by atoms with Crippen LogP contribution < -0.4 is 4.90 Å². The van der Waals surface area contributed by atoms with Crippen LogP contribution in [-0.2, 0) is 15.3 Å². The molecule has 0 N–H and O–H groups in total. The van der Waals surface area contributed by atoms with Crippen molar-refractivity contribution < 1.29 is 9.59 Å². The van der Waals surface area contributed by atoms with Crippen LogP contribution in [0.4, 0.5) is 5.69 Å². The van der Waals surface area contributed by atoms with Gasteiger partial charge in [-0.1, -0.05) is 71.7 Å². The molecule has 4 rings (SSSR count). The third-order valence-electron chi connectivity index (χ3n) is 4.47. The lowest BCUT2D eigenvalue weighted by atomic mass is 10.1. The highest BCUT2D eigenvalue weighted by molar-refractivity contribution is 8.03. The van der Waals surface area contributed by atoms with Crippen molar-refractivity contribution in [1.29, 1.82) is 0 Å². The SMILES string of the molecule is O=C1C(SCc2ccccc2)=C(c2ccc(Cl)cc2)C(=O)N1c1cccc(Cl)c1. The van der Waals surface area contributed by atoms with Gasteiger partial charge in [-0.25, -0.2) is 4.90 Å². The molecule has 3 nitrogen and oxygen atoms in total. The van der Waals surface area contributed by atoms with E-state index in [1.807, 2.05) is 30.3 Å². The van der Waals surface area contributed by atoms with Crippen LogP contribution in [0.1, 0.15) is 11.1 Å². The first-order valence-electron chi connectivity index (χ1n) is 8.86. The van der Waals surface area contributed by atoms with Gasteiger partial charge in [-0.05, 0) is 41.5 Å².